The minimum Gasteiger partial charge on any atom is -0.490 e. The highest BCUT2D eigenvalue weighted by Gasteiger charge is 2.08. The van der Waals surface area contributed by atoms with Crippen LogP contribution in [0.5, 0.6) is 11.5 Å². The van der Waals surface area contributed by atoms with Gasteiger partial charge in [0.15, 0.2) is 11.5 Å². The summed E-state index contributed by atoms with van der Waals surface area (Å²) in [6.45, 7) is 7.22. The van der Waals surface area contributed by atoms with Crippen molar-refractivity contribution in [3.05, 3.63) is 93.5 Å². The second kappa shape index (κ2) is 11.7. The summed E-state index contributed by atoms with van der Waals surface area (Å²) in [5.41, 5.74) is 4.38. The number of anilines is 1. The number of aryl methyl sites for hydroxylation is 1. The van der Waals surface area contributed by atoms with E-state index in [0.29, 0.717) is 26.3 Å². The third-order valence-corrected chi connectivity index (χ3v) is 4.86. The van der Waals surface area contributed by atoms with E-state index in [2.05, 4.69) is 41.8 Å². The molecule has 0 aromatic heterocycles. The van der Waals surface area contributed by atoms with Crippen LogP contribution < -0.4 is 20.1 Å². The zero-order valence-corrected chi connectivity index (χ0v) is 18.5. The molecule has 168 valence electrons. The Bertz CT molecular complexity index is 1000. The van der Waals surface area contributed by atoms with Crippen molar-refractivity contribution in [3.8, 4) is 11.5 Å². The lowest BCUT2D eigenvalue weighted by atomic mass is 10.1. The molecule has 3 aromatic rings. The van der Waals surface area contributed by atoms with E-state index in [1.165, 1.54) is 17.7 Å². The first-order chi connectivity index (χ1) is 15.5. The minimum absolute atomic E-state index is 0.0880. The number of nitrogens with zero attached hydrogens (tertiary/aromatic N) is 1. The molecule has 32 heavy (non-hydrogen) atoms. The number of non-ortho nitro benzene ring substituents is 1. The maximum absolute atomic E-state index is 10.7. The SMILES string of the molecule is CCOc1cc(CNCCNc2ccc([N+](=O)[O-])cc2)ccc1OCc1ccc(C)cc1. The molecule has 7 heteroatoms. The van der Waals surface area contributed by atoms with Crippen molar-refractivity contribution in [2.24, 2.45) is 0 Å². The van der Waals surface area contributed by atoms with Crippen molar-refractivity contribution in [2.75, 3.05) is 25.0 Å². The maximum Gasteiger partial charge on any atom is 0.269 e. The van der Waals surface area contributed by atoms with Crippen molar-refractivity contribution in [2.45, 2.75) is 27.0 Å². The van der Waals surface area contributed by atoms with Crippen LogP contribution in [0.2, 0.25) is 0 Å². The number of nitro groups is 1. The summed E-state index contributed by atoms with van der Waals surface area (Å²) in [6.07, 6.45) is 0. The summed E-state index contributed by atoms with van der Waals surface area (Å²) in [4.78, 5) is 10.3. The average Bonchev–Trinajstić information content (AvgIpc) is 2.80. The first-order valence-corrected chi connectivity index (χ1v) is 10.7. The van der Waals surface area contributed by atoms with Gasteiger partial charge in [0, 0.05) is 37.5 Å². The monoisotopic (exact) mass is 435 g/mol. The van der Waals surface area contributed by atoms with Crippen molar-refractivity contribution in [3.63, 3.8) is 0 Å². The molecular weight excluding hydrogens is 406 g/mol. The van der Waals surface area contributed by atoms with Crippen molar-refractivity contribution >= 4 is 11.4 Å². The first kappa shape index (κ1) is 23.1. The van der Waals surface area contributed by atoms with Crippen LogP contribution in [0.1, 0.15) is 23.6 Å². The molecule has 0 aliphatic rings. The number of benzene rings is 3. The largest absolute Gasteiger partial charge is 0.490 e. The van der Waals surface area contributed by atoms with E-state index in [-0.39, 0.29) is 5.69 Å². The quantitative estimate of drug-likeness (QED) is 0.234. The summed E-state index contributed by atoms with van der Waals surface area (Å²) < 4.78 is 11.8. The fraction of sp³-hybridized carbons (Fsp3) is 0.280. The Morgan fingerprint density at radius 2 is 1.59 bits per heavy atom. The van der Waals surface area contributed by atoms with Crippen LogP contribution in [0, 0.1) is 17.0 Å². The molecule has 0 atom stereocenters. The molecule has 0 amide bonds. The third kappa shape index (κ3) is 6.99. The number of nitro benzene ring substituents is 1. The molecule has 0 aliphatic heterocycles. The van der Waals surface area contributed by atoms with Crippen molar-refractivity contribution in [1.82, 2.24) is 5.32 Å². The van der Waals surface area contributed by atoms with Crippen molar-refractivity contribution in [1.29, 1.82) is 0 Å². The summed E-state index contributed by atoms with van der Waals surface area (Å²) in [5, 5.41) is 17.3. The molecule has 0 heterocycles. The molecule has 0 aliphatic carbocycles. The number of rotatable bonds is 12. The Labute approximate surface area is 188 Å². The Morgan fingerprint density at radius 1 is 0.875 bits per heavy atom. The first-order valence-electron chi connectivity index (χ1n) is 10.7. The zero-order chi connectivity index (χ0) is 22.8. The Kier molecular flexibility index (Phi) is 8.45. The van der Waals surface area contributed by atoms with Crippen LogP contribution in [0.3, 0.4) is 0 Å². The molecule has 0 saturated carbocycles. The third-order valence-electron chi connectivity index (χ3n) is 4.86. The van der Waals surface area contributed by atoms with Gasteiger partial charge in [0.05, 0.1) is 11.5 Å². The van der Waals surface area contributed by atoms with Crippen molar-refractivity contribution < 1.29 is 14.4 Å². The number of nitrogens with one attached hydrogen (secondary N) is 2. The van der Waals surface area contributed by atoms with Crippen LogP contribution >= 0.6 is 0 Å². The van der Waals surface area contributed by atoms with Gasteiger partial charge >= 0.3 is 0 Å². The van der Waals surface area contributed by atoms with Gasteiger partial charge in [-0.15, -0.1) is 0 Å². The van der Waals surface area contributed by atoms with E-state index in [4.69, 9.17) is 9.47 Å². The predicted octanol–water partition coefficient (Wildman–Crippen LogP) is 5.08. The van der Waals surface area contributed by atoms with Crippen LogP contribution in [-0.2, 0) is 13.2 Å². The molecule has 3 aromatic carbocycles. The predicted molar refractivity (Wildman–Crippen MR) is 126 cm³/mol. The van der Waals surface area contributed by atoms with E-state index < -0.39 is 4.92 Å². The molecule has 0 saturated heterocycles. The molecule has 3 rings (SSSR count). The highest BCUT2D eigenvalue weighted by molar-refractivity contribution is 5.48. The average molecular weight is 436 g/mol. The van der Waals surface area contributed by atoms with Gasteiger partial charge in [-0.25, -0.2) is 0 Å². The highest BCUT2D eigenvalue weighted by atomic mass is 16.6. The Balaban J connectivity index is 1.46. The van der Waals surface area contributed by atoms with E-state index in [1.54, 1.807) is 12.1 Å². The topological polar surface area (TPSA) is 85.7 Å². The van der Waals surface area contributed by atoms with Crippen LogP contribution in [-0.4, -0.2) is 24.6 Å². The summed E-state index contributed by atoms with van der Waals surface area (Å²) in [5.74, 6) is 1.47. The normalized spacial score (nSPS) is 10.6. The Hall–Kier alpha value is -3.58. The van der Waals surface area contributed by atoms with Gasteiger partial charge in [-0.1, -0.05) is 35.9 Å². The van der Waals surface area contributed by atoms with E-state index >= 15 is 0 Å². The van der Waals surface area contributed by atoms with E-state index in [9.17, 15) is 10.1 Å². The molecular formula is C25H29N3O4. The van der Waals surface area contributed by atoms with Gasteiger partial charge in [0.2, 0.25) is 0 Å². The Morgan fingerprint density at radius 3 is 2.28 bits per heavy atom. The van der Waals surface area contributed by atoms with Gasteiger partial charge in [0.25, 0.3) is 5.69 Å². The molecule has 0 fully saturated rings. The standard InChI is InChI=1S/C25H29N3O4/c1-3-31-25-16-21(8-13-24(25)32-18-20-6-4-19(2)5-7-20)17-26-14-15-27-22-9-11-23(12-10-22)28(29)30/h4-13,16,26-27H,3,14-15,17-18H2,1-2H3. The number of hydrogen-bond donors (Lipinski definition) is 2. The summed E-state index contributed by atoms with van der Waals surface area (Å²) >= 11 is 0. The fourth-order valence-electron chi connectivity index (χ4n) is 3.12. The lowest BCUT2D eigenvalue weighted by Gasteiger charge is -2.14. The molecule has 0 bridgehead atoms. The van der Waals surface area contributed by atoms with Crippen LogP contribution in [0.4, 0.5) is 11.4 Å². The van der Waals surface area contributed by atoms with Gasteiger partial charge in [-0.3, -0.25) is 10.1 Å². The van der Waals surface area contributed by atoms with Gasteiger partial charge < -0.3 is 20.1 Å². The molecule has 0 radical (unpaired) electrons. The fourth-order valence-corrected chi connectivity index (χ4v) is 3.12. The van der Waals surface area contributed by atoms with Crippen LogP contribution in [0.15, 0.2) is 66.7 Å². The lowest BCUT2D eigenvalue weighted by molar-refractivity contribution is -0.384. The maximum atomic E-state index is 10.7. The van der Waals surface area contributed by atoms with Gasteiger partial charge in [0.1, 0.15) is 6.61 Å². The number of hydrogen-bond acceptors (Lipinski definition) is 6. The molecule has 0 spiro atoms. The second-order valence-electron chi connectivity index (χ2n) is 7.40. The van der Waals surface area contributed by atoms with Gasteiger partial charge in [-0.2, -0.15) is 0 Å². The number of ether oxygens (including phenoxy) is 2. The molecule has 0 unspecified atom stereocenters. The zero-order valence-electron chi connectivity index (χ0n) is 18.5. The summed E-state index contributed by atoms with van der Waals surface area (Å²) in [7, 11) is 0. The minimum atomic E-state index is -0.402. The van der Waals surface area contributed by atoms with Gasteiger partial charge in [-0.05, 0) is 49.2 Å². The smallest absolute Gasteiger partial charge is 0.269 e. The summed E-state index contributed by atoms with van der Waals surface area (Å²) in [6, 6.07) is 20.7. The van der Waals surface area contributed by atoms with E-state index in [0.717, 1.165) is 34.9 Å². The van der Waals surface area contributed by atoms with Crippen LogP contribution in [0.25, 0.3) is 0 Å². The molecule has 2 N–H and O–H groups in total. The molecule has 7 nitrogen and oxygen atoms in total. The second-order valence-corrected chi connectivity index (χ2v) is 7.40. The highest BCUT2D eigenvalue weighted by Crippen LogP contribution is 2.29. The van der Waals surface area contributed by atoms with E-state index in [1.807, 2.05) is 25.1 Å². The lowest BCUT2D eigenvalue weighted by Crippen LogP contribution is -2.21.